The zero-order valence-corrected chi connectivity index (χ0v) is 58.6. The van der Waals surface area contributed by atoms with Gasteiger partial charge in [-0.1, -0.05) is 155 Å². The zero-order chi connectivity index (χ0) is 62.8. The minimum atomic E-state index is -3.75. The molecule has 12 heteroatoms. The predicted molar refractivity (Wildman–Crippen MR) is 359 cm³/mol. The third-order valence-electron chi connectivity index (χ3n) is 24.3. The Balaban J connectivity index is 0.000000222. The molecule has 1 aromatic carbocycles. The Morgan fingerprint density at radius 3 is 1.43 bits per heavy atom. The van der Waals surface area contributed by atoms with Crippen LogP contribution in [0.3, 0.4) is 0 Å². The molecule has 0 bridgehead atoms. The number of hydrogen-bond acceptors (Lipinski definition) is 9. The van der Waals surface area contributed by atoms with Gasteiger partial charge in [0.05, 0.1) is 75.3 Å². The SMILES string of the molecule is CC(C)CCC[C@@H](C)[C@H]1CC[C@H]2[C@@H]3CC=C4C[C@@H](OCCOCCO)CC[C@]4(C)[C@H]3CC[C@]12C.Cc1ccc(S(=O)(=O)OCCOCCO[C@H]2CC[C@@]3(C)C(=CC[C@H]4[C@@H]5CC[C@H]([C@H](C)CCCC(C)C)[C@@]5(C)CC[C@@H]43)C2)cc1.ClCCl.c1ccncc1. The molecule has 87 heavy (non-hydrogen) atoms. The number of alkyl halides is 2. The monoisotopic (exact) mass is 1270 g/mol. The quantitative estimate of drug-likeness (QED) is 0.0449. The molecule has 494 valence electrons. The number of pyridine rings is 1. The van der Waals surface area contributed by atoms with Gasteiger partial charge in [0.25, 0.3) is 10.1 Å². The van der Waals surface area contributed by atoms with Crippen molar-refractivity contribution >= 4 is 33.3 Å². The van der Waals surface area contributed by atoms with E-state index in [2.05, 4.69) is 86.4 Å². The first-order valence-corrected chi connectivity index (χ1v) is 37.4. The molecule has 6 fully saturated rings. The molecule has 0 amide bonds. The van der Waals surface area contributed by atoms with Crippen molar-refractivity contribution in [3.8, 4) is 0 Å². The van der Waals surface area contributed by atoms with Gasteiger partial charge >= 0.3 is 0 Å². The Morgan fingerprint density at radius 1 is 0.563 bits per heavy atom. The van der Waals surface area contributed by atoms with Crippen molar-refractivity contribution in [1.29, 1.82) is 0 Å². The van der Waals surface area contributed by atoms with E-state index in [1.165, 1.54) is 122 Å². The second kappa shape index (κ2) is 34.3. The summed E-state index contributed by atoms with van der Waals surface area (Å²) in [6.45, 7) is 30.1. The maximum Gasteiger partial charge on any atom is 0.297 e. The van der Waals surface area contributed by atoms with Crippen molar-refractivity contribution in [1.82, 2.24) is 4.98 Å². The molecule has 1 aromatic heterocycles. The van der Waals surface area contributed by atoms with Crippen molar-refractivity contribution in [3.63, 3.8) is 0 Å². The summed E-state index contributed by atoms with van der Waals surface area (Å²) in [5, 5.41) is 9.05. The first kappa shape index (κ1) is 72.6. The van der Waals surface area contributed by atoms with Crippen LogP contribution in [0.15, 0.2) is 83.1 Å². The predicted octanol–water partition coefficient (Wildman–Crippen LogP) is 19.1. The lowest BCUT2D eigenvalue weighted by atomic mass is 9.47. The van der Waals surface area contributed by atoms with Gasteiger partial charge in [-0.2, -0.15) is 8.42 Å². The molecule has 8 aliphatic carbocycles. The van der Waals surface area contributed by atoms with E-state index in [9.17, 15) is 8.42 Å². The summed E-state index contributed by atoms with van der Waals surface area (Å²) >= 11 is 9.53. The molecule has 0 aliphatic heterocycles. The number of aryl methyl sites for hydroxylation is 1. The molecule has 6 saturated carbocycles. The summed E-state index contributed by atoms with van der Waals surface area (Å²) in [6.07, 6.45) is 39.1. The summed E-state index contributed by atoms with van der Waals surface area (Å²) in [6, 6.07) is 12.4. The van der Waals surface area contributed by atoms with Gasteiger partial charge < -0.3 is 24.1 Å². The third-order valence-corrected chi connectivity index (χ3v) is 25.6. The van der Waals surface area contributed by atoms with E-state index >= 15 is 0 Å². The van der Waals surface area contributed by atoms with E-state index < -0.39 is 10.1 Å². The van der Waals surface area contributed by atoms with Gasteiger partial charge in [0, 0.05) is 12.4 Å². The smallest absolute Gasteiger partial charge is 0.297 e. The molecule has 16 atom stereocenters. The van der Waals surface area contributed by atoms with Crippen molar-refractivity contribution in [3.05, 3.63) is 83.7 Å². The minimum absolute atomic E-state index is 0.00523. The fourth-order valence-corrected chi connectivity index (χ4v) is 20.6. The molecule has 0 unspecified atom stereocenters. The normalized spacial score (nSPS) is 33.9. The van der Waals surface area contributed by atoms with Crippen molar-refractivity contribution in [2.45, 2.75) is 235 Å². The molecule has 0 spiro atoms. The van der Waals surface area contributed by atoms with Gasteiger partial charge in [-0.3, -0.25) is 9.17 Å². The van der Waals surface area contributed by atoms with Gasteiger partial charge in [0.15, 0.2) is 0 Å². The van der Waals surface area contributed by atoms with E-state index in [0.717, 1.165) is 95.8 Å². The standard InChI is InChI=1S/C38H60O5S.C31H54O3.C5H5N.CH2Cl2/c1-27(2)8-7-9-29(4)34-16-17-35-33-15-12-30-26-31(18-20-37(30,5)36(33)19-21-38(34,35)6)42-24-22-41-23-25-43-44(39,40)32-13-10-28(3)11-14-32;1-22(2)7-6-8-23(3)27-11-12-28-26-10-9-24-21-25(34-20-19-33-18-17-32)13-15-30(24,4)29(26)14-16-31(27,28)5;1-2-4-6-5-3-1;2-1-3/h10-14,27,29,31,33-36H,7-9,15-26H2,1-6H3;9,22-23,25-29,32H,6-8,10-21H2,1-5H3;1-5H;1H2/t29-,31+,33+,34-,35+,36+,37+,38-;23-,25+,26+,27-,28+,29+,30+,31-;;/m11../s1. The van der Waals surface area contributed by atoms with Crippen LogP contribution >= 0.6 is 23.2 Å². The van der Waals surface area contributed by atoms with Gasteiger partial charge in [0.2, 0.25) is 0 Å². The average molecular weight is 1270 g/mol. The van der Waals surface area contributed by atoms with Crippen LogP contribution in [-0.4, -0.2) is 88.9 Å². The highest BCUT2D eigenvalue weighted by Gasteiger charge is 2.61. The Bertz CT molecular complexity index is 2470. The highest BCUT2D eigenvalue weighted by Crippen LogP contribution is 2.69. The topological polar surface area (TPSA) is 113 Å². The summed E-state index contributed by atoms with van der Waals surface area (Å²) in [4.78, 5) is 3.96. The first-order valence-electron chi connectivity index (χ1n) is 35.0. The number of fused-ring (bicyclic) bond motifs is 10. The van der Waals surface area contributed by atoms with Crippen LogP contribution in [0, 0.1) is 99.6 Å². The average Bonchev–Trinajstić information content (AvgIpc) is 1.76. The number of aromatic nitrogens is 1. The van der Waals surface area contributed by atoms with Crippen molar-refractivity contribution in [2.75, 3.05) is 58.2 Å². The van der Waals surface area contributed by atoms with Crippen LogP contribution in [-0.2, 0) is 33.2 Å². The number of aliphatic hydroxyl groups is 1. The summed E-state index contributed by atoms with van der Waals surface area (Å²) < 4.78 is 53.3. The molecular weight excluding hydrogens is 1150 g/mol. The molecule has 0 saturated heterocycles. The lowest BCUT2D eigenvalue weighted by Gasteiger charge is -2.58. The number of halogens is 2. The number of aliphatic hydroxyl groups excluding tert-OH is 1. The van der Waals surface area contributed by atoms with Crippen LogP contribution in [0.5, 0.6) is 0 Å². The number of benzene rings is 1. The van der Waals surface area contributed by atoms with E-state index in [0.29, 0.717) is 60.8 Å². The molecule has 10 rings (SSSR count). The van der Waals surface area contributed by atoms with E-state index in [-0.39, 0.29) is 36.2 Å². The molecule has 8 aliphatic rings. The first-order chi connectivity index (χ1) is 41.6. The van der Waals surface area contributed by atoms with E-state index in [1.807, 2.05) is 25.1 Å². The van der Waals surface area contributed by atoms with Gasteiger partial charge in [-0.15, -0.1) is 23.2 Å². The summed E-state index contributed by atoms with van der Waals surface area (Å²) in [7, 11) is -3.75. The van der Waals surface area contributed by atoms with Gasteiger partial charge in [-0.05, 0) is 227 Å². The van der Waals surface area contributed by atoms with E-state index in [1.54, 1.807) is 47.8 Å². The van der Waals surface area contributed by atoms with Crippen LogP contribution < -0.4 is 0 Å². The van der Waals surface area contributed by atoms with Crippen LogP contribution in [0.4, 0.5) is 0 Å². The highest BCUT2D eigenvalue weighted by atomic mass is 35.5. The summed E-state index contributed by atoms with van der Waals surface area (Å²) in [5.74, 6) is 10.6. The molecule has 2 aromatic rings. The van der Waals surface area contributed by atoms with Crippen LogP contribution in [0.2, 0.25) is 0 Å². The Hall–Kier alpha value is -1.86. The lowest BCUT2D eigenvalue weighted by Crippen LogP contribution is -2.51. The van der Waals surface area contributed by atoms with Crippen molar-refractivity contribution < 1.29 is 36.7 Å². The van der Waals surface area contributed by atoms with Gasteiger partial charge in [-0.25, -0.2) is 0 Å². The fraction of sp³-hybridized carbons (Fsp3) is 0.800. The molecule has 1 heterocycles. The fourth-order valence-electron chi connectivity index (χ4n) is 19.7. The third kappa shape index (κ3) is 18.7. The highest BCUT2D eigenvalue weighted by molar-refractivity contribution is 7.86. The molecule has 9 nitrogen and oxygen atoms in total. The Morgan fingerprint density at radius 2 is 1.01 bits per heavy atom. The Labute approximate surface area is 540 Å². The number of nitrogens with zero attached hydrogens (tertiary/aromatic N) is 1. The second-order valence-electron chi connectivity index (χ2n) is 30.2. The number of hydrogen-bond donors (Lipinski definition) is 1. The maximum absolute atomic E-state index is 12.3. The summed E-state index contributed by atoms with van der Waals surface area (Å²) in [5.41, 5.74) is 6.23. The van der Waals surface area contributed by atoms with Crippen molar-refractivity contribution in [2.24, 2.45) is 92.7 Å². The second-order valence-corrected chi connectivity index (χ2v) is 32.6. The number of ether oxygens (including phenoxy) is 4. The zero-order valence-electron chi connectivity index (χ0n) is 56.3. The number of allylic oxidation sites excluding steroid dienone is 2. The number of rotatable bonds is 25. The van der Waals surface area contributed by atoms with Gasteiger partial charge in [0.1, 0.15) is 0 Å². The Kier molecular flexibility index (Phi) is 28.6. The molecule has 0 radical (unpaired) electrons. The largest absolute Gasteiger partial charge is 0.394 e. The maximum atomic E-state index is 12.3. The lowest BCUT2D eigenvalue weighted by molar-refractivity contribution is -0.0683. The van der Waals surface area contributed by atoms with Crippen LogP contribution in [0.1, 0.15) is 216 Å². The minimum Gasteiger partial charge on any atom is -0.394 e. The molecule has 1 N–H and O–H groups in total. The van der Waals surface area contributed by atoms with Crippen LogP contribution in [0.25, 0.3) is 0 Å². The van der Waals surface area contributed by atoms with E-state index in [4.69, 9.17) is 51.4 Å². The molecular formula is C75H121Cl2NO8S.